The van der Waals surface area contributed by atoms with Crippen molar-refractivity contribution < 1.29 is 14.7 Å². The molecule has 0 spiro atoms. The second-order valence-electron chi connectivity index (χ2n) is 6.24. The third-order valence-corrected chi connectivity index (χ3v) is 4.64. The number of carbonyl (C=O) groups is 2. The average Bonchev–Trinajstić information content (AvgIpc) is 2.87. The second kappa shape index (κ2) is 5.99. The van der Waals surface area contributed by atoms with Gasteiger partial charge in [0.1, 0.15) is 0 Å². The molecule has 0 radical (unpaired) electrons. The summed E-state index contributed by atoms with van der Waals surface area (Å²) in [7, 11) is 4.08. The number of rotatable bonds is 2. The molecule has 114 valence electrons. The first-order valence-electron chi connectivity index (χ1n) is 7.35. The molecule has 2 fully saturated rings. The van der Waals surface area contributed by atoms with Crippen molar-refractivity contribution >= 4 is 12.0 Å². The molecule has 3 atom stereocenters. The van der Waals surface area contributed by atoms with Crippen LogP contribution >= 0.6 is 0 Å². The van der Waals surface area contributed by atoms with Gasteiger partial charge >= 0.3 is 12.0 Å². The lowest BCUT2D eigenvalue weighted by molar-refractivity contribution is -0.143. The first-order valence-corrected chi connectivity index (χ1v) is 7.35. The summed E-state index contributed by atoms with van der Waals surface area (Å²) in [6.45, 7) is 4.08. The van der Waals surface area contributed by atoms with Crippen LogP contribution in [0.4, 0.5) is 4.79 Å². The zero-order chi connectivity index (χ0) is 14.9. The Bertz CT molecular complexity index is 386. The molecule has 0 aliphatic carbocycles. The lowest BCUT2D eigenvalue weighted by Crippen LogP contribution is -2.51. The van der Waals surface area contributed by atoms with Crippen molar-refractivity contribution in [2.24, 2.45) is 5.92 Å². The number of nitrogens with zero attached hydrogens (tertiary/aromatic N) is 3. The molecule has 6 heteroatoms. The van der Waals surface area contributed by atoms with Gasteiger partial charge in [-0.3, -0.25) is 4.79 Å². The molecule has 0 aromatic carbocycles. The van der Waals surface area contributed by atoms with E-state index >= 15 is 0 Å². The summed E-state index contributed by atoms with van der Waals surface area (Å²) in [6.07, 6.45) is 2.14. The summed E-state index contributed by atoms with van der Waals surface area (Å²) in [4.78, 5) is 29.5. The van der Waals surface area contributed by atoms with Gasteiger partial charge in [-0.2, -0.15) is 0 Å². The zero-order valence-corrected chi connectivity index (χ0v) is 12.6. The number of piperidine rings is 1. The predicted octanol–water partition coefficient (Wildman–Crippen LogP) is 0.927. The third-order valence-electron chi connectivity index (χ3n) is 4.64. The van der Waals surface area contributed by atoms with Gasteiger partial charge in [-0.15, -0.1) is 0 Å². The van der Waals surface area contributed by atoms with Gasteiger partial charge in [-0.05, 0) is 40.3 Å². The van der Waals surface area contributed by atoms with E-state index in [1.165, 1.54) is 0 Å². The minimum absolute atomic E-state index is 0.00996. The molecule has 20 heavy (non-hydrogen) atoms. The molecule has 0 aromatic rings. The molecular weight excluding hydrogens is 258 g/mol. The van der Waals surface area contributed by atoms with E-state index in [0.29, 0.717) is 25.4 Å². The van der Waals surface area contributed by atoms with E-state index in [4.69, 9.17) is 5.11 Å². The van der Waals surface area contributed by atoms with Crippen molar-refractivity contribution in [2.75, 3.05) is 33.7 Å². The van der Waals surface area contributed by atoms with Crippen molar-refractivity contribution in [2.45, 2.75) is 38.3 Å². The first-order chi connectivity index (χ1) is 9.40. The Hall–Kier alpha value is -1.30. The smallest absolute Gasteiger partial charge is 0.320 e. The van der Waals surface area contributed by atoms with Crippen molar-refractivity contribution in [3.8, 4) is 0 Å². The quantitative estimate of drug-likeness (QED) is 0.819. The number of carboxylic acids is 1. The van der Waals surface area contributed by atoms with Crippen LogP contribution in [0.5, 0.6) is 0 Å². The van der Waals surface area contributed by atoms with Crippen LogP contribution in [0.25, 0.3) is 0 Å². The lowest BCUT2D eigenvalue weighted by Gasteiger charge is -2.38. The zero-order valence-electron chi connectivity index (χ0n) is 12.6. The number of likely N-dealkylation sites (N-methyl/N-ethyl adjacent to an activating group) is 1. The Labute approximate surface area is 120 Å². The number of carbonyl (C=O) groups excluding carboxylic acids is 1. The number of carboxylic acid groups (broad SMARTS) is 1. The monoisotopic (exact) mass is 283 g/mol. The molecule has 0 aromatic heterocycles. The van der Waals surface area contributed by atoms with Crippen LogP contribution in [0.1, 0.15) is 26.2 Å². The molecule has 2 aliphatic rings. The van der Waals surface area contributed by atoms with Crippen LogP contribution in [0.15, 0.2) is 0 Å². The minimum Gasteiger partial charge on any atom is -0.481 e. The summed E-state index contributed by atoms with van der Waals surface area (Å²) in [5.41, 5.74) is 0. The largest absolute Gasteiger partial charge is 0.481 e. The molecule has 0 bridgehead atoms. The average molecular weight is 283 g/mol. The fourth-order valence-corrected chi connectivity index (χ4v) is 3.20. The Kier molecular flexibility index (Phi) is 4.52. The highest BCUT2D eigenvalue weighted by Crippen LogP contribution is 2.25. The standard InChI is InChI=1S/C14H25N3O3/c1-10-8-11(13(18)19)4-7-17(10)14(20)16-6-5-12(9-16)15(2)3/h10-12H,4-9H2,1-3H3,(H,18,19). The molecule has 2 heterocycles. The number of hydrogen-bond acceptors (Lipinski definition) is 3. The molecular formula is C14H25N3O3. The van der Waals surface area contributed by atoms with E-state index < -0.39 is 5.97 Å². The summed E-state index contributed by atoms with van der Waals surface area (Å²) < 4.78 is 0. The maximum atomic E-state index is 12.5. The summed E-state index contributed by atoms with van der Waals surface area (Å²) in [6, 6.07) is 0.521. The van der Waals surface area contributed by atoms with Gasteiger partial charge in [0.2, 0.25) is 0 Å². The number of aliphatic carboxylic acids is 1. The molecule has 1 N–H and O–H groups in total. The number of hydrogen-bond donors (Lipinski definition) is 1. The van der Waals surface area contributed by atoms with Crippen LogP contribution in [-0.2, 0) is 4.79 Å². The summed E-state index contributed by atoms with van der Waals surface area (Å²) in [5, 5.41) is 9.07. The topological polar surface area (TPSA) is 64.1 Å². The second-order valence-corrected chi connectivity index (χ2v) is 6.24. The van der Waals surface area contributed by atoms with E-state index in [2.05, 4.69) is 4.90 Å². The van der Waals surface area contributed by atoms with Crippen LogP contribution in [0.3, 0.4) is 0 Å². The fraction of sp³-hybridized carbons (Fsp3) is 0.857. The van der Waals surface area contributed by atoms with Crippen molar-refractivity contribution in [3.05, 3.63) is 0 Å². The van der Waals surface area contributed by atoms with E-state index in [1.807, 2.05) is 30.8 Å². The van der Waals surface area contributed by atoms with Crippen molar-refractivity contribution in [1.29, 1.82) is 0 Å². The van der Waals surface area contributed by atoms with Gasteiger partial charge in [0.05, 0.1) is 5.92 Å². The molecule has 2 amide bonds. The SMILES string of the molecule is CC1CC(C(=O)O)CCN1C(=O)N1CCC(N(C)C)C1. The Balaban J connectivity index is 1.92. The maximum Gasteiger partial charge on any atom is 0.320 e. The molecule has 2 saturated heterocycles. The number of urea groups is 1. The number of amides is 2. The van der Waals surface area contributed by atoms with E-state index in [0.717, 1.165) is 19.5 Å². The minimum atomic E-state index is -0.738. The van der Waals surface area contributed by atoms with E-state index in [-0.39, 0.29) is 18.0 Å². The van der Waals surface area contributed by atoms with Gasteiger partial charge < -0.3 is 19.8 Å². The van der Waals surface area contributed by atoms with Crippen LogP contribution in [0.2, 0.25) is 0 Å². The lowest BCUT2D eigenvalue weighted by atomic mass is 9.92. The molecule has 0 saturated carbocycles. The van der Waals surface area contributed by atoms with Crippen LogP contribution in [-0.4, -0.2) is 77.6 Å². The Morgan fingerprint density at radius 1 is 1.20 bits per heavy atom. The molecule has 2 aliphatic heterocycles. The first kappa shape index (κ1) is 15.1. The van der Waals surface area contributed by atoms with Gasteiger partial charge in [0.25, 0.3) is 0 Å². The molecule has 3 unspecified atom stereocenters. The molecule has 2 rings (SSSR count). The van der Waals surface area contributed by atoms with Gasteiger partial charge in [0.15, 0.2) is 0 Å². The van der Waals surface area contributed by atoms with Crippen molar-refractivity contribution in [3.63, 3.8) is 0 Å². The van der Waals surface area contributed by atoms with Crippen molar-refractivity contribution in [1.82, 2.24) is 14.7 Å². The van der Waals surface area contributed by atoms with Gasteiger partial charge in [0, 0.05) is 31.7 Å². The maximum absolute atomic E-state index is 12.5. The van der Waals surface area contributed by atoms with E-state index in [1.54, 1.807) is 0 Å². The fourth-order valence-electron chi connectivity index (χ4n) is 3.20. The van der Waals surface area contributed by atoms with E-state index in [9.17, 15) is 9.59 Å². The highest BCUT2D eigenvalue weighted by Gasteiger charge is 2.36. The van der Waals surface area contributed by atoms with Gasteiger partial charge in [-0.25, -0.2) is 4.79 Å². The molecule has 6 nitrogen and oxygen atoms in total. The predicted molar refractivity (Wildman–Crippen MR) is 75.6 cm³/mol. The van der Waals surface area contributed by atoms with Crippen LogP contribution < -0.4 is 0 Å². The Morgan fingerprint density at radius 2 is 1.90 bits per heavy atom. The summed E-state index contributed by atoms with van der Waals surface area (Å²) in [5.74, 6) is -1.04. The third kappa shape index (κ3) is 3.06. The highest BCUT2D eigenvalue weighted by molar-refractivity contribution is 5.76. The normalized spacial score (nSPS) is 30.9. The highest BCUT2D eigenvalue weighted by atomic mass is 16.4. The van der Waals surface area contributed by atoms with Crippen LogP contribution in [0, 0.1) is 5.92 Å². The summed E-state index contributed by atoms with van der Waals surface area (Å²) >= 11 is 0. The Morgan fingerprint density at radius 3 is 2.40 bits per heavy atom. The number of likely N-dealkylation sites (tertiary alicyclic amines) is 2. The van der Waals surface area contributed by atoms with Gasteiger partial charge in [-0.1, -0.05) is 0 Å².